The van der Waals surface area contributed by atoms with E-state index in [-0.39, 0.29) is 12.4 Å². The van der Waals surface area contributed by atoms with Crippen molar-refractivity contribution >= 4 is 11.4 Å². The molecule has 0 aliphatic carbocycles. The third-order valence-corrected chi connectivity index (χ3v) is 3.40. The lowest BCUT2D eigenvalue weighted by Crippen LogP contribution is -2.03. The summed E-state index contributed by atoms with van der Waals surface area (Å²) in [6.45, 7) is 2.76. The second kappa shape index (κ2) is 10.1. The van der Waals surface area contributed by atoms with Gasteiger partial charge in [0.1, 0.15) is 11.5 Å². The minimum Gasteiger partial charge on any atom is -0.508 e. The Morgan fingerprint density at radius 2 is 1.68 bits per heavy atom. The Kier molecular flexibility index (Phi) is 8.22. The first-order valence-electron chi connectivity index (χ1n) is 7.77. The van der Waals surface area contributed by atoms with Crippen LogP contribution in [0, 0.1) is 6.92 Å². The highest BCUT2D eigenvalue weighted by atomic mass is 16.5. The SMILES string of the molecule is COc1cc(OC)c(O)cc1N.Cc1ccc(NCCCO)cc1O. The molecule has 0 aliphatic rings. The van der Waals surface area contributed by atoms with Crippen LogP contribution in [-0.4, -0.2) is 42.7 Å². The van der Waals surface area contributed by atoms with Gasteiger partial charge in [0.25, 0.3) is 0 Å². The number of hydrogen-bond donors (Lipinski definition) is 5. The minimum absolute atomic E-state index is 0.0100. The van der Waals surface area contributed by atoms with Crippen LogP contribution >= 0.6 is 0 Å². The summed E-state index contributed by atoms with van der Waals surface area (Å²) >= 11 is 0. The molecule has 0 radical (unpaired) electrons. The van der Waals surface area contributed by atoms with E-state index in [0.717, 1.165) is 17.8 Å². The maximum Gasteiger partial charge on any atom is 0.164 e. The number of ether oxygens (including phenoxy) is 2. The molecule has 7 nitrogen and oxygen atoms in total. The molecule has 2 rings (SSSR count). The van der Waals surface area contributed by atoms with Crippen LogP contribution in [0.3, 0.4) is 0 Å². The van der Waals surface area contributed by atoms with Crippen LogP contribution in [0.15, 0.2) is 30.3 Å². The summed E-state index contributed by atoms with van der Waals surface area (Å²) in [4.78, 5) is 0. The first-order valence-corrected chi connectivity index (χ1v) is 7.77. The van der Waals surface area contributed by atoms with Gasteiger partial charge in [-0.15, -0.1) is 0 Å². The van der Waals surface area contributed by atoms with Crippen molar-refractivity contribution in [2.45, 2.75) is 13.3 Å². The number of hydrogen-bond acceptors (Lipinski definition) is 7. The van der Waals surface area contributed by atoms with Gasteiger partial charge in [0, 0.05) is 37.0 Å². The van der Waals surface area contributed by atoms with Crippen LogP contribution in [-0.2, 0) is 0 Å². The molecule has 6 N–H and O–H groups in total. The highest BCUT2D eigenvalue weighted by Crippen LogP contribution is 2.34. The predicted octanol–water partition coefficient (Wildman–Crippen LogP) is 2.49. The number of benzene rings is 2. The fourth-order valence-electron chi connectivity index (χ4n) is 1.94. The van der Waals surface area contributed by atoms with E-state index in [0.29, 0.717) is 29.4 Å². The molecule has 0 unspecified atom stereocenters. The lowest BCUT2D eigenvalue weighted by Gasteiger charge is -2.08. The molecule has 0 spiro atoms. The zero-order valence-corrected chi connectivity index (χ0v) is 14.7. The van der Waals surface area contributed by atoms with Crippen molar-refractivity contribution in [3.63, 3.8) is 0 Å². The van der Waals surface area contributed by atoms with Gasteiger partial charge in [-0.3, -0.25) is 0 Å². The molecule has 7 heteroatoms. The fraction of sp³-hybridized carbons (Fsp3) is 0.333. The number of aromatic hydroxyl groups is 2. The number of aliphatic hydroxyl groups is 1. The molecule has 0 heterocycles. The second-order valence-electron chi connectivity index (χ2n) is 5.27. The van der Waals surface area contributed by atoms with Gasteiger partial charge < -0.3 is 35.8 Å². The van der Waals surface area contributed by atoms with Gasteiger partial charge in [-0.05, 0) is 25.0 Å². The molecular formula is C18H26N2O5. The largest absolute Gasteiger partial charge is 0.508 e. The van der Waals surface area contributed by atoms with E-state index in [1.807, 2.05) is 19.1 Å². The molecule has 0 bridgehead atoms. The Morgan fingerprint density at radius 3 is 2.24 bits per heavy atom. The normalized spacial score (nSPS) is 9.76. The van der Waals surface area contributed by atoms with E-state index in [9.17, 15) is 10.2 Å². The average Bonchev–Trinajstić information content (AvgIpc) is 2.59. The van der Waals surface area contributed by atoms with Crippen LogP contribution in [0.25, 0.3) is 0 Å². The average molecular weight is 350 g/mol. The predicted molar refractivity (Wildman–Crippen MR) is 98.7 cm³/mol. The zero-order chi connectivity index (χ0) is 18.8. The molecule has 0 atom stereocenters. The van der Waals surface area contributed by atoms with Gasteiger partial charge in [0.2, 0.25) is 0 Å². The van der Waals surface area contributed by atoms with Crippen LogP contribution in [0.5, 0.6) is 23.0 Å². The van der Waals surface area contributed by atoms with Crippen molar-refractivity contribution in [3.8, 4) is 23.0 Å². The highest BCUT2D eigenvalue weighted by Gasteiger charge is 2.06. The highest BCUT2D eigenvalue weighted by molar-refractivity contribution is 5.61. The summed E-state index contributed by atoms with van der Waals surface area (Å²) in [7, 11) is 2.97. The van der Waals surface area contributed by atoms with Crippen molar-refractivity contribution < 1.29 is 24.8 Å². The summed E-state index contributed by atoms with van der Waals surface area (Å²) in [5, 5.41) is 30.3. The number of nitrogen functional groups attached to an aromatic ring is 1. The van der Waals surface area contributed by atoms with Crippen molar-refractivity contribution in [1.82, 2.24) is 0 Å². The minimum atomic E-state index is 0.0100. The molecule has 0 saturated heterocycles. The van der Waals surface area contributed by atoms with Gasteiger partial charge >= 0.3 is 0 Å². The van der Waals surface area contributed by atoms with Gasteiger partial charge in [-0.1, -0.05) is 6.07 Å². The van der Waals surface area contributed by atoms with Gasteiger partial charge in [-0.2, -0.15) is 0 Å². The van der Waals surface area contributed by atoms with E-state index in [1.165, 1.54) is 26.4 Å². The fourth-order valence-corrected chi connectivity index (χ4v) is 1.94. The lowest BCUT2D eigenvalue weighted by atomic mass is 10.2. The van der Waals surface area contributed by atoms with Crippen molar-refractivity contribution in [2.75, 3.05) is 38.4 Å². The molecule has 2 aromatic rings. The second-order valence-corrected chi connectivity index (χ2v) is 5.27. The number of aliphatic hydroxyl groups excluding tert-OH is 1. The smallest absolute Gasteiger partial charge is 0.164 e. The topological polar surface area (TPSA) is 117 Å². The van der Waals surface area contributed by atoms with Crippen molar-refractivity contribution in [3.05, 3.63) is 35.9 Å². The monoisotopic (exact) mass is 350 g/mol. The standard InChI is InChI=1S/C10H15NO2.C8H11NO3/c1-8-3-4-9(7-10(8)13)11-5-2-6-12;1-11-7-4-8(12-2)6(10)3-5(7)9/h3-4,7,11-13H,2,5-6H2,1H3;3-4,10H,9H2,1-2H3. The quantitative estimate of drug-likeness (QED) is 0.401. The summed E-state index contributed by atoms with van der Waals surface area (Å²) in [6.07, 6.45) is 0.717. The number of nitrogens with one attached hydrogen (secondary N) is 1. The third kappa shape index (κ3) is 6.31. The van der Waals surface area contributed by atoms with Crippen LogP contribution in [0.2, 0.25) is 0 Å². The Morgan fingerprint density at radius 1 is 1.00 bits per heavy atom. The number of methoxy groups -OCH3 is 2. The molecule has 0 saturated carbocycles. The Bertz CT molecular complexity index is 652. The number of nitrogens with two attached hydrogens (primary N) is 1. The van der Waals surface area contributed by atoms with Crippen LogP contribution in [0.1, 0.15) is 12.0 Å². The molecule has 138 valence electrons. The van der Waals surface area contributed by atoms with E-state index in [1.54, 1.807) is 6.07 Å². The van der Waals surface area contributed by atoms with Gasteiger partial charge in [0.15, 0.2) is 11.5 Å². The first-order chi connectivity index (χ1) is 11.9. The molecule has 0 aromatic heterocycles. The van der Waals surface area contributed by atoms with E-state index >= 15 is 0 Å². The lowest BCUT2D eigenvalue weighted by molar-refractivity contribution is 0.292. The van der Waals surface area contributed by atoms with Crippen molar-refractivity contribution in [1.29, 1.82) is 0 Å². The number of phenols is 2. The van der Waals surface area contributed by atoms with E-state index in [2.05, 4.69) is 5.32 Å². The summed E-state index contributed by atoms with van der Waals surface area (Å²) in [5.41, 5.74) is 7.65. The zero-order valence-electron chi connectivity index (χ0n) is 14.7. The van der Waals surface area contributed by atoms with Crippen LogP contribution < -0.4 is 20.5 Å². The maximum atomic E-state index is 9.37. The Labute approximate surface area is 147 Å². The van der Waals surface area contributed by atoms with Crippen LogP contribution in [0.4, 0.5) is 11.4 Å². The molecule has 2 aromatic carbocycles. The Hall–Kier alpha value is -2.80. The molecule has 25 heavy (non-hydrogen) atoms. The molecule has 0 fully saturated rings. The number of rotatable bonds is 6. The molecule has 0 aliphatic heterocycles. The summed E-state index contributed by atoms with van der Waals surface area (Å²) < 4.78 is 9.78. The van der Waals surface area contributed by atoms with E-state index < -0.39 is 0 Å². The molecular weight excluding hydrogens is 324 g/mol. The van der Waals surface area contributed by atoms with Gasteiger partial charge in [-0.25, -0.2) is 0 Å². The summed E-state index contributed by atoms with van der Waals surface area (Å²) in [6, 6.07) is 8.37. The van der Waals surface area contributed by atoms with E-state index in [4.69, 9.17) is 20.3 Å². The van der Waals surface area contributed by atoms with Gasteiger partial charge in [0.05, 0.1) is 19.9 Å². The Balaban J connectivity index is 0.000000251. The first kappa shape index (κ1) is 20.2. The maximum absolute atomic E-state index is 9.37. The summed E-state index contributed by atoms with van der Waals surface area (Å²) in [5.74, 6) is 1.15. The van der Waals surface area contributed by atoms with Crippen molar-refractivity contribution in [2.24, 2.45) is 0 Å². The molecule has 0 amide bonds. The number of aryl methyl sites for hydroxylation is 1. The number of anilines is 2. The number of phenolic OH excluding ortho intramolecular Hbond substituents is 2. The third-order valence-electron chi connectivity index (χ3n) is 3.40.